The second-order valence-electron chi connectivity index (χ2n) is 15.3. The van der Waals surface area contributed by atoms with Crippen LogP contribution >= 0.6 is 11.3 Å². The van der Waals surface area contributed by atoms with Gasteiger partial charge >= 0.3 is 0 Å². The Bertz CT molecular complexity index is 2710. The minimum atomic E-state index is 0.517. The lowest BCUT2D eigenvalue weighted by atomic mass is 9.84. The van der Waals surface area contributed by atoms with Crippen molar-refractivity contribution in [2.75, 3.05) is 4.90 Å². The van der Waals surface area contributed by atoms with Gasteiger partial charge in [0.15, 0.2) is 0 Å². The van der Waals surface area contributed by atoms with E-state index in [0.29, 0.717) is 11.8 Å². The quantitative estimate of drug-likeness (QED) is 0.112. The molecule has 0 fully saturated rings. The Hall–Kier alpha value is -5.38. The third kappa shape index (κ3) is 6.56. The van der Waals surface area contributed by atoms with E-state index in [4.69, 9.17) is 0 Å². The highest BCUT2D eigenvalue weighted by Gasteiger charge is 2.20. The zero-order valence-electron chi connectivity index (χ0n) is 31.6. The maximum atomic E-state index is 2.50. The third-order valence-corrected chi connectivity index (χ3v) is 12.8. The number of anilines is 2. The molecular weight excluding hydrogens is 673 g/mol. The smallest absolute Gasteiger partial charge is 0.0539 e. The van der Waals surface area contributed by atoms with Gasteiger partial charge in [-0.1, -0.05) is 116 Å². The number of thiophene rings is 1. The van der Waals surface area contributed by atoms with Crippen molar-refractivity contribution in [3.05, 3.63) is 166 Å². The largest absolute Gasteiger partial charge is 0.314 e. The molecule has 3 aliphatic carbocycles. The molecule has 4 aromatic carbocycles. The number of hydrogen-bond donors (Lipinski definition) is 0. The van der Waals surface area contributed by atoms with E-state index in [-0.39, 0.29) is 0 Å². The number of aromatic nitrogens is 1. The molecule has 3 aliphatic rings. The molecule has 0 saturated heterocycles. The molecule has 0 spiro atoms. The number of allylic oxidation sites excluding steroid dienone is 12. The first-order valence-electron chi connectivity index (χ1n) is 19.7. The lowest BCUT2D eigenvalue weighted by Crippen LogP contribution is -2.20. The summed E-state index contributed by atoms with van der Waals surface area (Å²) >= 11 is 1.92. The van der Waals surface area contributed by atoms with Crippen LogP contribution in [-0.2, 0) is 0 Å². The number of hydrogen-bond acceptors (Lipinski definition) is 2. The van der Waals surface area contributed by atoms with Gasteiger partial charge in [0.25, 0.3) is 0 Å². The molecule has 268 valence electrons. The van der Waals surface area contributed by atoms with E-state index in [1.165, 1.54) is 94.0 Å². The topological polar surface area (TPSA) is 8.17 Å². The summed E-state index contributed by atoms with van der Waals surface area (Å²) in [7, 11) is 0. The van der Waals surface area contributed by atoms with E-state index < -0.39 is 0 Å². The number of fused-ring (bicyclic) bond motifs is 6. The van der Waals surface area contributed by atoms with Gasteiger partial charge in [0.1, 0.15) is 0 Å². The molecule has 0 radical (unpaired) electrons. The van der Waals surface area contributed by atoms with E-state index in [2.05, 4.69) is 182 Å². The number of benzene rings is 4. The van der Waals surface area contributed by atoms with Crippen molar-refractivity contribution >= 4 is 78.0 Å². The summed E-state index contributed by atoms with van der Waals surface area (Å²) < 4.78 is 5.25. The summed E-state index contributed by atoms with van der Waals surface area (Å²) in [6.07, 6.45) is 30.2. The molecule has 9 rings (SSSR count). The van der Waals surface area contributed by atoms with Gasteiger partial charge in [0.05, 0.1) is 11.0 Å². The summed E-state index contributed by atoms with van der Waals surface area (Å²) in [6, 6.07) is 33.9. The second-order valence-corrected chi connectivity index (χ2v) is 16.4. The average Bonchev–Trinajstić information content (AvgIpc) is 3.74. The predicted octanol–water partition coefficient (Wildman–Crippen LogP) is 13.2. The Morgan fingerprint density at radius 2 is 1.57 bits per heavy atom. The molecule has 54 heavy (non-hydrogen) atoms. The van der Waals surface area contributed by atoms with Crippen molar-refractivity contribution in [1.82, 2.24) is 4.57 Å². The number of rotatable bonds is 8. The monoisotopic (exact) mass is 720 g/mol. The number of para-hydroxylation sites is 1. The minimum absolute atomic E-state index is 0.517. The number of nitrogens with zero attached hydrogens (tertiary/aromatic N) is 2. The van der Waals surface area contributed by atoms with E-state index in [1.807, 2.05) is 11.3 Å². The van der Waals surface area contributed by atoms with Crippen LogP contribution in [0.3, 0.4) is 0 Å². The first-order chi connectivity index (χ1) is 26.5. The van der Waals surface area contributed by atoms with E-state index in [9.17, 15) is 0 Å². The molecule has 6 aromatic rings. The van der Waals surface area contributed by atoms with Crippen LogP contribution in [0.25, 0.3) is 55.3 Å². The first-order valence-corrected chi connectivity index (χ1v) is 20.6. The van der Waals surface area contributed by atoms with Gasteiger partial charge in [0, 0.05) is 48.2 Å². The Morgan fingerprint density at radius 3 is 2.43 bits per heavy atom. The van der Waals surface area contributed by atoms with Crippen molar-refractivity contribution in [2.24, 2.45) is 11.8 Å². The fourth-order valence-corrected chi connectivity index (χ4v) is 9.93. The molecule has 0 amide bonds. The Balaban J connectivity index is 1.14. The van der Waals surface area contributed by atoms with Gasteiger partial charge < -0.3 is 9.47 Å². The second kappa shape index (κ2) is 14.8. The summed E-state index contributed by atoms with van der Waals surface area (Å²) in [5.74, 6) is 1.21. The predicted molar refractivity (Wildman–Crippen MR) is 236 cm³/mol. The fraction of sp³-hybridized carbons (Fsp3) is 0.216. The minimum Gasteiger partial charge on any atom is -0.314 e. The molecule has 2 aromatic heterocycles. The molecule has 0 bridgehead atoms. The highest BCUT2D eigenvalue weighted by Crippen LogP contribution is 2.40. The van der Waals surface area contributed by atoms with Crippen LogP contribution in [0, 0.1) is 11.8 Å². The zero-order chi connectivity index (χ0) is 36.6. The van der Waals surface area contributed by atoms with Crippen molar-refractivity contribution < 1.29 is 0 Å². The van der Waals surface area contributed by atoms with Crippen LogP contribution in [0.5, 0.6) is 0 Å². The van der Waals surface area contributed by atoms with Crippen LogP contribution < -0.4 is 14.7 Å². The van der Waals surface area contributed by atoms with Crippen LogP contribution in [0.15, 0.2) is 151 Å². The van der Waals surface area contributed by atoms with Gasteiger partial charge in [0.2, 0.25) is 0 Å². The third-order valence-electron chi connectivity index (χ3n) is 11.6. The van der Waals surface area contributed by atoms with Gasteiger partial charge in [-0.25, -0.2) is 0 Å². The molecule has 2 atom stereocenters. The van der Waals surface area contributed by atoms with Gasteiger partial charge in [-0.05, 0) is 129 Å². The van der Waals surface area contributed by atoms with E-state index in [1.54, 1.807) is 0 Å². The first kappa shape index (κ1) is 34.4. The summed E-state index contributed by atoms with van der Waals surface area (Å²) in [6.45, 7) is 6.86. The highest BCUT2D eigenvalue weighted by atomic mass is 32.1. The Labute approximate surface area is 323 Å². The van der Waals surface area contributed by atoms with Crippen LogP contribution in [-0.4, -0.2) is 4.57 Å². The average molecular weight is 721 g/mol. The Kier molecular flexibility index (Phi) is 9.43. The zero-order valence-corrected chi connectivity index (χ0v) is 32.5. The van der Waals surface area contributed by atoms with Gasteiger partial charge in [-0.2, -0.15) is 0 Å². The Morgan fingerprint density at radius 1 is 0.778 bits per heavy atom. The molecular formula is C51H48N2S. The molecule has 3 heteroatoms. The summed E-state index contributed by atoms with van der Waals surface area (Å²) in [5.41, 5.74) is 11.4. The molecule has 2 nitrogen and oxygen atoms in total. The molecule has 2 heterocycles. The van der Waals surface area contributed by atoms with Crippen LogP contribution in [0.1, 0.15) is 64.9 Å². The molecule has 0 N–H and O–H groups in total. The van der Waals surface area contributed by atoms with Gasteiger partial charge in [-0.3, -0.25) is 0 Å². The molecule has 0 saturated carbocycles. The summed E-state index contributed by atoms with van der Waals surface area (Å²) in [5, 5.41) is 5.34. The normalized spacial score (nSPS) is 19.2. The highest BCUT2D eigenvalue weighted by molar-refractivity contribution is 7.17. The van der Waals surface area contributed by atoms with E-state index >= 15 is 0 Å². The van der Waals surface area contributed by atoms with Crippen molar-refractivity contribution in [3.63, 3.8) is 0 Å². The van der Waals surface area contributed by atoms with Crippen molar-refractivity contribution in [1.29, 1.82) is 0 Å². The van der Waals surface area contributed by atoms with Crippen molar-refractivity contribution in [2.45, 2.75) is 59.3 Å². The lowest BCUT2D eigenvalue weighted by Gasteiger charge is -2.26. The maximum absolute atomic E-state index is 2.50. The maximum Gasteiger partial charge on any atom is 0.0539 e. The fourth-order valence-electron chi connectivity index (χ4n) is 8.73. The lowest BCUT2D eigenvalue weighted by molar-refractivity contribution is 0.445. The van der Waals surface area contributed by atoms with E-state index in [0.717, 1.165) is 25.7 Å². The van der Waals surface area contributed by atoms with Gasteiger partial charge in [-0.15, -0.1) is 11.3 Å². The standard InChI is InChI=1S/C51H48N2S/c1-35(32-40-19-8-7-15-36(40)2)14-13-16-37(3)52(43-28-30-46-45-21-10-12-23-50(45)54-51(46)34-43)42-29-31-49-47(33-42)44-20-9-11-22-48(44)53(49)41-26-24-39(25-27-41)38-17-5-4-6-18-38/h4-6,8-9,11,13-14,16-24,26,28-34,36,40H,7,10,12,15,25,27H2,1-3H3/b14-13-,35-32+,37-16+. The van der Waals surface area contributed by atoms with Crippen molar-refractivity contribution in [3.8, 4) is 0 Å². The molecule has 0 aliphatic heterocycles. The van der Waals surface area contributed by atoms with Crippen LogP contribution in [0.4, 0.5) is 11.4 Å². The SMILES string of the molecule is CC(/C=C\C=C(/C)N(c1ccc2c3c(sc2c1)=CCCC=3)c1ccc2c(c1)c1ccccc1n2C1=CC=C(c2ccccc2)CC1)=C\C1C=CCCC1C. The molecule has 2 unspecified atom stereocenters. The van der Waals surface area contributed by atoms with Crippen LogP contribution in [0.2, 0.25) is 0 Å². The summed E-state index contributed by atoms with van der Waals surface area (Å²) in [4.78, 5) is 2.45.